The molecule has 5 heteroatoms. The van der Waals surface area contributed by atoms with Crippen molar-refractivity contribution < 1.29 is 8.78 Å². The maximum atomic E-state index is 14.9. The zero-order chi connectivity index (χ0) is 18.0. The first kappa shape index (κ1) is 15.9. The Morgan fingerprint density at radius 2 is 1.68 bits per heavy atom. The number of alkyl halides is 2. The number of pyridine rings is 1. The van der Waals surface area contributed by atoms with Crippen LogP contribution in [0.15, 0.2) is 47.6 Å². The van der Waals surface area contributed by atoms with Gasteiger partial charge in [0.15, 0.2) is 0 Å². The molecule has 0 amide bonds. The molecule has 3 aromatic rings. The maximum Gasteiger partial charge on any atom is 0.297 e. The second-order valence-electron chi connectivity index (χ2n) is 7.10. The molecule has 3 nitrogen and oxygen atoms in total. The predicted molar refractivity (Wildman–Crippen MR) is 94.7 cm³/mol. The first-order chi connectivity index (χ1) is 11.7. The van der Waals surface area contributed by atoms with Gasteiger partial charge >= 0.3 is 0 Å². The summed E-state index contributed by atoms with van der Waals surface area (Å²) < 4.78 is 31.6. The number of aryl methyl sites for hydroxylation is 2. The van der Waals surface area contributed by atoms with E-state index in [1.54, 1.807) is 24.4 Å². The molecule has 128 valence electrons. The highest BCUT2D eigenvalue weighted by atomic mass is 19.3. The van der Waals surface area contributed by atoms with Crippen LogP contribution in [0.2, 0.25) is 0 Å². The molecule has 4 rings (SSSR count). The third kappa shape index (κ3) is 2.08. The van der Waals surface area contributed by atoms with Crippen LogP contribution < -0.4 is 0 Å². The second-order valence-corrected chi connectivity index (χ2v) is 7.10. The fourth-order valence-electron chi connectivity index (χ4n) is 3.37. The van der Waals surface area contributed by atoms with Gasteiger partial charge in [0.2, 0.25) is 0 Å². The van der Waals surface area contributed by atoms with E-state index >= 15 is 0 Å². The molecule has 1 aliphatic rings. The van der Waals surface area contributed by atoms with Gasteiger partial charge in [0.25, 0.3) is 5.92 Å². The number of rotatable bonds is 1. The summed E-state index contributed by atoms with van der Waals surface area (Å²) >= 11 is 0. The van der Waals surface area contributed by atoms with E-state index in [1.165, 1.54) is 19.9 Å². The van der Waals surface area contributed by atoms with Gasteiger partial charge in [0, 0.05) is 22.4 Å². The molecule has 0 saturated heterocycles. The molecule has 0 bridgehead atoms. The molecule has 0 N–H and O–H groups in total. The van der Waals surface area contributed by atoms with Gasteiger partial charge < -0.3 is 0 Å². The molecule has 0 radical (unpaired) electrons. The fourth-order valence-corrected chi connectivity index (χ4v) is 3.37. The van der Waals surface area contributed by atoms with Crippen molar-refractivity contribution in [1.82, 2.24) is 9.61 Å². The van der Waals surface area contributed by atoms with E-state index < -0.39 is 11.5 Å². The summed E-state index contributed by atoms with van der Waals surface area (Å²) in [6.45, 7) is 6.97. The number of fused-ring (bicyclic) bond motifs is 2. The van der Waals surface area contributed by atoms with E-state index in [9.17, 15) is 8.78 Å². The van der Waals surface area contributed by atoms with Gasteiger partial charge in [-0.25, -0.2) is 4.52 Å². The van der Waals surface area contributed by atoms with Crippen molar-refractivity contribution in [3.63, 3.8) is 0 Å². The van der Waals surface area contributed by atoms with Gasteiger partial charge in [-0.2, -0.15) is 13.9 Å². The van der Waals surface area contributed by atoms with Crippen molar-refractivity contribution in [1.29, 1.82) is 0 Å². The van der Waals surface area contributed by atoms with E-state index in [-0.39, 0.29) is 5.56 Å². The largest absolute Gasteiger partial charge is 0.297 e. The fraction of sp³-hybridized carbons (Fsp3) is 0.300. The van der Waals surface area contributed by atoms with Gasteiger partial charge in [-0.1, -0.05) is 30.3 Å². The minimum atomic E-state index is -3.03. The Morgan fingerprint density at radius 1 is 0.960 bits per heavy atom. The number of benzene rings is 1. The van der Waals surface area contributed by atoms with Crippen LogP contribution in [-0.2, 0) is 5.92 Å². The van der Waals surface area contributed by atoms with Crippen LogP contribution in [0.3, 0.4) is 0 Å². The summed E-state index contributed by atoms with van der Waals surface area (Å²) in [6, 6.07) is 10.6. The number of hydrogen-bond acceptors (Lipinski definition) is 2. The van der Waals surface area contributed by atoms with Crippen LogP contribution in [0.1, 0.15) is 41.8 Å². The number of aliphatic imine (C=N–C) groups is 1. The molecular formula is C20H19F2N3. The Hall–Kier alpha value is -2.56. The number of aromatic nitrogens is 2. The first-order valence-corrected chi connectivity index (χ1v) is 8.26. The van der Waals surface area contributed by atoms with Gasteiger partial charge in [0.1, 0.15) is 5.54 Å². The standard InChI is InChI=1S/C20H19F2N3/c1-12-9-10-17-15(11-23-25(17)13(12)2)18-14-7-5-6-8-16(14)20(21,22)19(3,4)24-18/h5-11H,1-4H3. The van der Waals surface area contributed by atoms with Crippen molar-refractivity contribution in [2.75, 3.05) is 0 Å². The lowest BCUT2D eigenvalue weighted by molar-refractivity contribution is -0.0681. The van der Waals surface area contributed by atoms with Gasteiger partial charge in [-0.05, 0) is 39.3 Å². The number of nitrogens with zero attached hydrogens (tertiary/aromatic N) is 3. The molecular weight excluding hydrogens is 320 g/mol. The molecule has 2 aromatic heterocycles. The monoisotopic (exact) mass is 339 g/mol. The lowest BCUT2D eigenvalue weighted by atomic mass is 9.82. The number of halogens is 2. The summed E-state index contributed by atoms with van der Waals surface area (Å²) in [4.78, 5) is 4.47. The van der Waals surface area contributed by atoms with Crippen LogP contribution in [-0.4, -0.2) is 20.9 Å². The molecule has 0 aliphatic carbocycles. The highest BCUT2D eigenvalue weighted by Gasteiger charge is 2.52. The smallest absolute Gasteiger partial charge is 0.271 e. The van der Waals surface area contributed by atoms with Gasteiger partial charge in [-0.3, -0.25) is 4.99 Å². The summed E-state index contributed by atoms with van der Waals surface area (Å²) in [6.07, 6.45) is 1.72. The van der Waals surface area contributed by atoms with Gasteiger partial charge in [-0.15, -0.1) is 0 Å². The Kier molecular flexibility index (Phi) is 3.17. The SMILES string of the molecule is Cc1ccc2c(C3=NC(C)(C)C(F)(F)c4ccccc43)cnn2c1C. The van der Waals surface area contributed by atoms with E-state index in [2.05, 4.69) is 10.1 Å². The van der Waals surface area contributed by atoms with E-state index in [4.69, 9.17) is 0 Å². The van der Waals surface area contributed by atoms with Crippen LogP contribution in [0, 0.1) is 13.8 Å². The lowest BCUT2D eigenvalue weighted by Crippen LogP contribution is -2.44. The first-order valence-electron chi connectivity index (χ1n) is 8.26. The minimum absolute atomic E-state index is 0.0215. The Bertz CT molecular complexity index is 1030. The lowest BCUT2D eigenvalue weighted by Gasteiger charge is -2.37. The highest BCUT2D eigenvalue weighted by molar-refractivity contribution is 6.18. The molecule has 0 saturated carbocycles. The summed E-state index contributed by atoms with van der Waals surface area (Å²) in [5.41, 5.74) is 3.35. The molecule has 3 heterocycles. The highest BCUT2D eigenvalue weighted by Crippen LogP contribution is 2.46. The normalized spacial score (nSPS) is 18.1. The van der Waals surface area contributed by atoms with Crippen LogP contribution in [0.5, 0.6) is 0 Å². The molecule has 0 unspecified atom stereocenters. The Balaban J connectivity index is 2.03. The van der Waals surface area contributed by atoms with Gasteiger partial charge in [0.05, 0.1) is 17.4 Å². The Morgan fingerprint density at radius 3 is 2.44 bits per heavy atom. The second kappa shape index (κ2) is 4.97. The number of hydrogen-bond donors (Lipinski definition) is 0. The molecule has 0 spiro atoms. The van der Waals surface area contributed by atoms with E-state index in [0.717, 1.165) is 22.3 Å². The zero-order valence-corrected chi connectivity index (χ0v) is 14.6. The molecule has 25 heavy (non-hydrogen) atoms. The minimum Gasteiger partial charge on any atom is -0.271 e. The third-order valence-electron chi connectivity index (χ3n) is 5.12. The van der Waals surface area contributed by atoms with Crippen LogP contribution >= 0.6 is 0 Å². The predicted octanol–water partition coefficient (Wildman–Crippen LogP) is 4.67. The average Bonchev–Trinajstić information content (AvgIpc) is 2.99. The zero-order valence-electron chi connectivity index (χ0n) is 14.6. The molecule has 0 atom stereocenters. The van der Waals surface area contributed by atoms with Crippen molar-refractivity contribution in [3.8, 4) is 0 Å². The summed E-state index contributed by atoms with van der Waals surface area (Å²) in [5, 5.41) is 4.46. The van der Waals surface area contributed by atoms with Crippen molar-refractivity contribution in [2.45, 2.75) is 39.2 Å². The van der Waals surface area contributed by atoms with Crippen molar-refractivity contribution in [3.05, 3.63) is 70.5 Å². The van der Waals surface area contributed by atoms with E-state index in [1.807, 2.05) is 30.5 Å². The Labute approximate surface area is 145 Å². The third-order valence-corrected chi connectivity index (χ3v) is 5.12. The topological polar surface area (TPSA) is 29.7 Å². The summed E-state index contributed by atoms with van der Waals surface area (Å²) in [7, 11) is 0. The molecule has 1 aromatic carbocycles. The summed E-state index contributed by atoms with van der Waals surface area (Å²) in [5.74, 6) is -3.03. The van der Waals surface area contributed by atoms with Crippen LogP contribution in [0.4, 0.5) is 8.78 Å². The van der Waals surface area contributed by atoms with Crippen LogP contribution in [0.25, 0.3) is 5.52 Å². The van der Waals surface area contributed by atoms with Crippen molar-refractivity contribution in [2.24, 2.45) is 4.99 Å². The quantitative estimate of drug-likeness (QED) is 0.633. The average molecular weight is 339 g/mol. The molecule has 1 aliphatic heterocycles. The molecule has 0 fully saturated rings. The maximum absolute atomic E-state index is 14.9. The van der Waals surface area contributed by atoms with E-state index in [0.29, 0.717) is 11.3 Å². The van der Waals surface area contributed by atoms with Crippen molar-refractivity contribution >= 4 is 11.2 Å².